The fourth-order valence-corrected chi connectivity index (χ4v) is 1.34. The van der Waals surface area contributed by atoms with E-state index in [1.54, 1.807) is 6.20 Å². The number of oxazole rings is 1. The molecule has 2 aromatic rings. The molecule has 1 aromatic heterocycles. The molecule has 0 radical (unpaired) electrons. The molecular weight excluding hydrogens is 192 g/mol. The molecule has 1 heterocycles. The van der Waals surface area contributed by atoms with Gasteiger partial charge in [0.1, 0.15) is 5.76 Å². The molecule has 0 unspecified atom stereocenters. The van der Waals surface area contributed by atoms with Crippen molar-refractivity contribution in [2.45, 2.75) is 13.2 Å². The van der Waals surface area contributed by atoms with Crippen LogP contribution in [0.5, 0.6) is 0 Å². The summed E-state index contributed by atoms with van der Waals surface area (Å²) in [5.74, 6) is 0.766. The van der Waals surface area contributed by atoms with Crippen molar-refractivity contribution in [3.05, 3.63) is 48.2 Å². The first-order valence-corrected chi connectivity index (χ1v) is 4.70. The van der Waals surface area contributed by atoms with Gasteiger partial charge in [0.25, 0.3) is 0 Å². The van der Waals surface area contributed by atoms with Gasteiger partial charge in [0.15, 0.2) is 6.39 Å². The molecule has 0 aliphatic heterocycles. The standard InChI is InChI=1S/C11H12N2O2/c14-7-9-3-1-2-4-11(9)13-6-10-5-12-8-15-10/h1-5,8,13-14H,6-7H2. The number of benzene rings is 1. The van der Waals surface area contributed by atoms with Gasteiger partial charge in [-0.1, -0.05) is 18.2 Å². The summed E-state index contributed by atoms with van der Waals surface area (Å²) in [7, 11) is 0. The van der Waals surface area contributed by atoms with Gasteiger partial charge in [0, 0.05) is 11.3 Å². The maximum atomic E-state index is 9.10. The van der Waals surface area contributed by atoms with Crippen LogP contribution in [0, 0.1) is 0 Å². The van der Waals surface area contributed by atoms with Gasteiger partial charge in [0.2, 0.25) is 0 Å². The highest BCUT2D eigenvalue weighted by Gasteiger charge is 2.01. The first-order valence-electron chi connectivity index (χ1n) is 4.70. The lowest BCUT2D eigenvalue weighted by atomic mass is 10.2. The van der Waals surface area contributed by atoms with Crippen LogP contribution in [0.25, 0.3) is 0 Å². The number of aromatic nitrogens is 1. The van der Waals surface area contributed by atoms with Gasteiger partial charge in [-0.15, -0.1) is 0 Å². The fraction of sp³-hybridized carbons (Fsp3) is 0.182. The molecule has 4 nitrogen and oxygen atoms in total. The van der Waals surface area contributed by atoms with Crippen LogP contribution in [0.3, 0.4) is 0 Å². The highest BCUT2D eigenvalue weighted by Crippen LogP contribution is 2.15. The zero-order valence-corrected chi connectivity index (χ0v) is 8.18. The smallest absolute Gasteiger partial charge is 0.180 e. The molecule has 0 saturated heterocycles. The first-order chi connectivity index (χ1) is 7.40. The molecule has 0 bridgehead atoms. The average molecular weight is 204 g/mol. The average Bonchev–Trinajstić information content (AvgIpc) is 2.79. The van der Waals surface area contributed by atoms with E-state index in [9.17, 15) is 0 Å². The minimum absolute atomic E-state index is 0.0274. The zero-order chi connectivity index (χ0) is 10.5. The van der Waals surface area contributed by atoms with Crippen molar-refractivity contribution < 1.29 is 9.52 Å². The molecule has 4 heteroatoms. The van der Waals surface area contributed by atoms with Gasteiger partial charge in [-0.3, -0.25) is 0 Å². The molecule has 78 valence electrons. The van der Waals surface area contributed by atoms with Crippen LogP contribution in [0.2, 0.25) is 0 Å². The summed E-state index contributed by atoms with van der Waals surface area (Å²) in [5, 5.41) is 12.3. The van der Waals surface area contributed by atoms with Gasteiger partial charge >= 0.3 is 0 Å². The molecule has 0 spiro atoms. The Kier molecular flexibility index (Phi) is 2.99. The third-order valence-corrected chi connectivity index (χ3v) is 2.12. The largest absolute Gasteiger partial charge is 0.447 e. The molecule has 0 aliphatic rings. The number of hydrogen-bond donors (Lipinski definition) is 2. The van der Waals surface area contributed by atoms with Crippen LogP contribution < -0.4 is 5.32 Å². The van der Waals surface area contributed by atoms with E-state index in [-0.39, 0.29) is 6.61 Å². The van der Waals surface area contributed by atoms with E-state index in [1.807, 2.05) is 24.3 Å². The summed E-state index contributed by atoms with van der Waals surface area (Å²) < 4.78 is 5.09. The van der Waals surface area contributed by atoms with Crippen LogP contribution in [0.1, 0.15) is 11.3 Å². The van der Waals surface area contributed by atoms with Crippen LogP contribution in [0.4, 0.5) is 5.69 Å². The lowest BCUT2D eigenvalue weighted by molar-refractivity contribution is 0.282. The van der Waals surface area contributed by atoms with Gasteiger partial charge in [-0.2, -0.15) is 0 Å². The van der Waals surface area contributed by atoms with Crippen LogP contribution in [-0.4, -0.2) is 10.1 Å². The Balaban J connectivity index is 2.04. The van der Waals surface area contributed by atoms with Crippen molar-refractivity contribution in [1.82, 2.24) is 4.98 Å². The predicted molar refractivity (Wildman–Crippen MR) is 56.2 cm³/mol. The summed E-state index contributed by atoms with van der Waals surface area (Å²) in [5.41, 5.74) is 1.79. The Labute approximate surface area is 87.6 Å². The van der Waals surface area contributed by atoms with Gasteiger partial charge in [-0.05, 0) is 6.07 Å². The summed E-state index contributed by atoms with van der Waals surface area (Å²) in [4.78, 5) is 3.82. The number of rotatable bonds is 4. The molecule has 0 fully saturated rings. The second-order valence-electron chi connectivity index (χ2n) is 3.14. The predicted octanol–water partition coefficient (Wildman–Crippen LogP) is 1.78. The second-order valence-corrected chi connectivity index (χ2v) is 3.14. The lowest BCUT2D eigenvalue weighted by Crippen LogP contribution is -2.01. The van der Waals surface area contributed by atoms with Crippen molar-refractivity contribution in [3.8, 4) is 0 Å². The van der Waals surface area contributed by atoms with Gasteiger partial charge in [-0.25, -0.2) is 4.98 Å². The summed E-state index contributed by atoms with van der Waals surface area (Å²) >= 11 is 0. The zero-order valence-electron chi connectivity index (χ0n) is 8.18. The van der Waals surface area contributed by atoms with E-state index in [1.165, 1.54) is 6.39 Å². The number of hydrogen-bond acceptors (Lipinski definition) is 4. The Morgan fingerprint density at radius 1 is 1.33 bits per heavy atom. The number of aliphatic hydroxyl groups excluding tert-OH is 1. The lowest BCUT2D eigenvalue weighted by Gasteiger charge is -2.08. The monoisotopic (exact) mass is 204 g/mol. The molecule has 0 saturated carbocycles. The molecular formula is C11H12N2O2. The van der Waals surface area contributed by atoms with Crippen LogP contribution in [-0.2, 0) is 13.2 Å². The minimum atomic E-state index is 0.0274. The van der Waals surface area contributed by atoms with Crippen LogP contribution >= 0.6 is 0 Å². The molecule has 1 aromatic carbocycles. The third-order valence-electron chi connectivity index (χ3n) is 2.12. The van der Waals surface area contributed by atoms with Crippen molar-refractivity contribution in [1.29, 1.82) is 0 Å². The van der Waals surface area contributed by atoms with E-state index in [4.69, 9.17) is 9.52 Å². The Morgan fingerprint density at radius 3 is 2.93 bits per heavy atom. The first kappa shape index (κ1) is 9.73. The van der Waals surface area contributed by atoms with Crippen LogP contribution in [0.15, 0.2) is 41.3 Å². The highest BCUT2D eigenvalue weighted by atomic mass is 16.3. The Hall–Kier alpha value is -1.81. The van der Waals surface area contributed by atoms with Crippen molar-refractivity contribution in [2.24, 2.45) is 0 Å². The normalized spacial score (nSPS) is 10.2. The molecule has 0 atom stereocenters. The molecule has 2 N–H and O–H groups in total. The molecule has 0 amide bonds. The maximum absolute atomic E-state index is 9.10. The van der Waals surface area contributed by atoms with E-state index in [0.29, 0.717) is 6.54 Å². The molecule has 0 aliphatic carbocycles. The fourth-order valence-electron chi connectivity index (χ4n) is 1.34. The summed E-state index contributed by atoms with van der Waals surface area (Å²) in [6, 6.07) is 7.61. The minimum Gasteiger partial charge on any atom is -0.447 e. The molecule has 15 heavy (non-hydrogen) atoms. The van der Waals surface area contributed by atoms with E-state index >= 15 is 0 Å². The summed E-state index contributed by atoms with van der Waals surface area (Å²) in [6.45, 7) is 0.594. The van der Waals surface area contributed by atoms with Crippen molar-refractivity contribution in [2.75, 3.05) is 5.32 Å². The Morgan fingerprint density at radius 2 is 2.20 bits per heavy atom. The SMILES string of the molecule is OCc1ccccc1NCc1cnco1. The second kappa shape index (κ2) is 4.61. The van der Waals surface area contributed by atoms with Crippen molar-refractivity contribution >= 4 is 5.69 Å². The van der Waals surface area contributed by atoms with Crippen molar-refractivity contribution in [3.63, 3.8) is 0 Å². The third kappa shape index (κ3) is 2.35. The van der Waals surface area contributed by atoms with Gasteiger partial charge in [0.05, 0.1) is 19.3 Å². The quantitative estimate of drug-likeness (QED) is 0.797. The topological polar surface area (TPSA) is 58.3 Å². The highest BCUT2D eigenvalue weighted by molar-refractivity contribution is 5.50. The Bertz CT molecular complexity index is 412. The molecule has 2 rings (SSSR count). The van der Waals surface area contributed by atoms with E-state index in [2.05, 4.69) is 10.3 Å². The van der Waals surface area contributed by atoms with E-state index < -0.39 is 0 Å². The maximum Gasteiger partial charge on any atom is 0.180 e. The number of nitrogens with one attached hydrogen (secondary N) is 1. The summed E-state index contributed by atoms with van der Waals surface area (Å²) in [6.07, 6.45) is 3.06. The number of para-hydroxylation sites is 1. The number of anilines is 1. The van der Waals surface area contributed by atoms with Gasteiger partial charge < -0.3 is 14.8 Å². The van der Waals surface area contributed by atoms with E-state index in [0.717, 1.165) is 17.0 Å². The number of aliphatic hydroxyl groups is 1. The number of nitrogens with zero attached hydrogens (tertiary/aromatic N) is 1.